The number of rotatable bonds is 24. The molecular weight excluding hydrogens is 512 g/mol. The first-order valence-corrected chi connectivity index (χ1v) is 13.7. The smallest absolute Gasteiger partial charge is 0.309 e. The van der Waals surface area contributed by atoms with Gasteiger partial charge in [-0.05, 0) is 51.4 Å². The van der Waals surface area contributed by atoms with Gasteiger partial charge in [0.1, 0.15) is 5.78 Å². The minimum Gasteiger partial charge on any atom is -0.469 e. The van der Waals surface area contributed by atoms with Crippen LogP contribution >= 0.6 is 0 Å². The highest BCUT2D eigenvalue weighted by Gasteiger charge is 2.31. The van der Waals surface area contributed by atoms with Crippen molar-refractivity contribution in [3.8, 4) is 0 Å². The Balaban J connectivity index is 2.18. The lowest BCUT2D eigenvalue weighted by atomic mass is 9.98. The van der Waals surface area contributed by atoms with Gasteiger partial charge in [0.05, 0.1) is 57.9 Å². The summed E-state index contributed by atoms with van der Waals surface area (Å²) in [4.78, 5) is 59.2. The third kappa shape index (κ3) is 17.4. The lowest BCUT2D eigenvalue weighted by molar-refractivity contribution is -0.150. The van der Waals surface area contributed by atoms with Crippen molar-refractivity contribution in [2.24, 2.45) is 11.8 Å². The van der Waals surface area contributed by atoms with Crippen LogP contribution in [0.5, 0.6) is 0 Å². The second-order valence-electron chi connectivity index (χ2n) is 9.49. The van der Waals surface area contributed by atoms with E-state index >= 15 is 0 Å². The zero-order valence-electron chi connectivity index (χ0n) is 23.1. The van der Waals surface area contributed by atoms with Gasteiger partial charge in [0.2, 0.25) is 0 Å². The van der Waals surface area contributed by atoms with Crippen LogP contribution in [0.4, 0.5) is 0 Å². The van der Waals surface area contributed by atoms with Crippen molar-refractivity contribution >= 4 is 29.7 Å². The van der Waals surface area contributed by atoms with E-state index in [0.29, 0.717) is 58.0 Å². The summed E-state index contributed by atoms with van der Waals surface area (Å²) in [6.45, 7) is 4.60. The fourth-order valence-corrected chi connectivity index (χ4v) is 3.88. The Hall–Kier alpha value is -2.79. The molecule has 1 fully saturated rings. The van der Waals surface area contributed by atoms with Crippen LogP contribution in [0.1, 0.15) is 77.0 Å². The van der Waals surface area contributed by atoms with Gasteiger partial charge in [-0.25, -0.2) is 0 Å². The minimum absolute atomic E-state index is 0.0200. The summed E-state index contributed by atoms with van der Waals surface area (Å²) < 4.78 is 25.8. The van der Waals surface area contributed by atoms with Gasteiger partial charge in [0, 0.05) is 25.9 Å². The second-order valence-corrected chi connectivity index (χ2v) is 9.49. The Labute approximate surface area is 230 Å². The number of epoxide rings is 1. The van der Waals surface area contributed by atoms with Crippen molar-refractivity contribution < 1.29 is 52.8 Å². The highest BCUT2D eigenvalue weighted by Crippen LogP contribution is 2.24. The third-order valence-corrected chi connectivity index (χ3v) is 6.21. The van der Waals surface area contributed by atoms with Gasteiger partial charge in [-0.1, -0.05) is 6.08 Å². The normalized spacial score (nSPS) is 15.5. The molecule has 1 rings (SSSR count). The Morgan fingerprint density at radius 3 is 2.08 bits per heavy atom. The maximum atomic E-state index is 12.6. The van der Waals surface area contributed by atoms with Gasteiger partial charge < -0.3 is 28.8 Å². The Kier molecular flexibility index (Phi) is 18.5. The molecule has 39 heavy (non-hydrogen) atoms. The van der Waals surface area contributed by atoms with E-state index in [-0.39, 0.29) is 93.7 Å². The Bertz CT molecular complexity index is 775. The molecule has 222 valence electrons. The molecule has 3 atom stereocenters. The van der Waals surface area contributed by atoms with E-state index in [4.69, 9.17) is 28.8 Å². The van der Waals surface area contributed by atoms with Crippen molar-refractivity contribution in [3.05, 3.63) is 12.7 Å². The number of carbonyl (C=O) groups excluding carboxylic acids is 5. The summed E-state index contributed by atoms with van der Waals surface area (Å²) in [7, 11) is 1.34. The maximum absolute atomic E-state index is 12.6. The molecule has 11 heteroatoms. The number of allylic oxidation sites excluding steroid dienone is 1. The van der Waals surface area contributed by atoms with Crippen molar-refractivity contribution in [1.82, 2.24) is 0 Å². The summed E-state index contributed by atoms with van der Waals surface area (Å²) in [6, 6.07) is 0. The molecule has 0 aromatic carbocycles. The summed E-state index contributed by atoms with van der Waals surface area (Å²) in [6.07, 6.45) is 6.10. The molecule has 0 saturated carbocycles. The van der Waals surface area contributed by atoms with Gasteiger partial charge in [-0.2, -0.15) is 0 Å². The zero-order valence-corrected chi connectivity index (χ0v) is 23.1. The lowest BCUT2D eigenvalue weighted by Crippen LogP contribution is -2.22. The zero-order chi connectivity index (χ0) is 28.9. The van der Waals surface area contributed by atoms with Crippen LogP contribution in [0.15, 0.2) is 12.7 Å². The van der Waals surface area contributed by atoms with E-state index in [1.54, 1.807) is 6.08 Å². The summed E-state index contributed by atoms with van der Waals surface area (Å²) in [5.74, 6) is -2.30. The predicted octanol–water partition coefficient (Wildman–Crippen LogP) is 2.85. The van der Waals surface area contributed by atoms with Crippen LogP contribution in [0.3, 0.4) is 0 Å². The number of unbranched alkanes of at least 4 members (excludes halogenated alkanes) is 1. The third-order valence-electron chi connectivity index (χ3n) is 6.21. The van der Waals surface area contributed by atoms with Crippen LogP contribution in [0.25, 0.3) is 0 Å². The fourth-order valence-electron chi connectivity index (χ4n) is 3.88. The maximum Gasteiger partial charge on any atom is 0.309 e. The molecule has 11 nitrogen and oxygen atoms in total. The molecule has 1 aliphatic heterocycles. The van der Waals surface area contributed by atoms with Gasteiger partial charge in [-0.15, -0.1) is 6.58 Å². The van der Waals surface area contributed by atoms with E-state index in [0.717, 1.165) is 0 Å². The second kappa shape index (κ2) is 21.1. The van der Waals surface area contributed by atoms with Crippen LogP contribution in [0, 0.1) is 11.8 Å². The molecular formula is C28H44O11. The van der Waals surface area contributed by atoms with Crippen LogP contribution in [-0.4, -0.2) is 81.0 Å². The number of aliphatic hydroxyl groups is 1. The first kappa shape index (κ1) is 34.2. The average Bonchev–Trinajstić information content (AvgIpc) is 3.74. The molecule has 3 unspecified atom stereocenters. The van der Waals surface area contributed by atoms with Crippen molar-refractivity contribution in [2.75, 3.05) is 40.1 Å². The number of methoxy groups -OCH3 is 1. The SMILES string of the molecule is C=CCC(CCCOC(=O)C(CCCOC(=O)CCCCOC(=O)CCC(=O)CCO)CC1CO1)C(=O)OC. The van der Waals surface area contributed by atoms with E-state index in [1.165, 1.54) is 7.11 Å². The van der Waals surface area contributed by atoms with E-state index in [2.05, 4.69) is 6.58 Å². The molecule has 1 N–H and O–H groups in total. The summed E-state index contributed by atoms with van der Waals surface area (Å²) >= 11 is 0. The first-order chi connectivity index (χ1) is 18.8. The van der Waals surface area contributed by atoms with Crippen molar-refractivity contribution in [1.29, 1.82) is 0 Å². The number of hydrogen-bond acceptors (Lipinski definition) is 11. The number of hydrogen-bond donors (Lipinski definition) is 1. The van der Waals surface area contributed by atoms with Gasteiger partial charge in [0.15, 0.2) is 0 Å². The molecule has 0 spiro atoms. The molecule has 1 aliphatic rings. The molecule has 0 amide bonds. The number of carbonyl (C=O) groups is 5. The molecule has 1 heterocycles. The van der Waals surface area contributed by atoms with E-state index < -0.39 is 5.97 Å². The van der Waals surface area contributed by atoms with Gasteiger partial charge in [-0.3, -0.25) is 24.0 Å². The lowest BCUT2D eigenvalue weighted by Gasteiger charge is -2.16. The van der Waals surface area contributed by atoms with Crippen LogP contribution < -0.4 is 0 Å². The van der Waals surface area contributed by atoms with Crippen molar-refractivity contribution in [2.45, 2.75) is 83.2 Å². The van der Waals surface area contributed by atoms with E-state index in [9.17, 15) is 24.0 Å². The monoisotopic (exact) mass is 556 g/mol. The average molecular weight is 557 g/mol. The molecule has 0 radical (unpaired) electrons. The Morgan fingerprint density at radius 1 is 0.846 bits per heavy atom. The number of esters is 4. The van der Waals surface area contributed by atoms with Crippen LogP contribution in [-0.2, 0) is 47.7 Å². The number of aliphatic hydroxyl groups excluding tert-OH is 1. The standard InChI is InChI=1S/C28H44O11/c1-3-8-21(27(33)35-2)9-6-18-38-28(34)22(19-24-20-39-24)10-7-17-37-25(31)11-4-5-16-36-26(32)13-12-23(30)14-15-29/h3,21-22,24,29H,1,4-20H2,2H3. The molecule has 0 aliphatic carbocycles. The highest BCUT2D eigenvalue weighted by molar-refractivity contribution is 5.82. The predicted molar refractivity (Wildman–Crippen MR) is 139 cm³/mol. The summed E-state index contributed by atoms with van der Waals surface area (Å²) in [5, 5.41) is 8.67. The molecule has 1 saturated heterocycles. The minimum atomic E-state index is -0.480. The van der Waals surface area contributed by atoms with Crippen LogP contribution in [0.2, 0.25) is 0 Å². The molecule has 0 aromatic rings. The quantitative estimate of drug-likeness (QED) is 0.0613. The van der Waals surface area contributed by atoms with Gasteiger partial charge in [0.25, 0.3) is 0 Å². The van der Waals surface area contributed by atoms with Gasteiger partial charge >= 0.3 is 23.9 Å². The number of Topliss-reactive ketones (excluding diaryl/α,β-unsaturated/α-hetero) is 1. The van der Waals surface area contributed by atoms with E-state index in [1.807, 2.05) is 0 Å². The first-order valence-electron chi connectivity index (χ1n) is 13.7. The topological polar surface area (TPSA) is 155 Å². The number of ketones is 1. The fraction of sp³-hybridized carbons (Fsp3) is 0.750. The Morgan fingerprint density at radius 2 is 1.46 bits per heavy atom. The largest absolute Gasteiger partial charge is 0.469 e. The number of ether oxygens (including phenoxy) is 5. The van der Waals surface area contributed by atoms with Crippen molar-refractivity contribution in [3.63, 3.8) is 0 Å². The molecule has 0 bridgehead atoms. The highest BCUT2D eigenvalue weighted by atomic mass is 16.6. The summed E-state index contributed by atoms with van der Waals surface area (Å²) in [5.41, 5.74) is 0. The molecule has 0 aromatic heterocycles.